The van der Waals surface area contributed by atoms with Gasteiger partial charge < -0.3 is 15.2 Å². The number of guanidine groups is 1. The van der Waals surface area contributed by atoms with Crippen molar-refractivity contribution in [1.29, 1.82) is 0 Å². The lowest BCUT2D eigenvalue weighted by molar-refractivity contribution is 0.460. The number of aryl methyl sites for hydroxylation is 2. The van der Waals surface area contributed by atoms with Crippen molar-refractivity contribution in [2.45, 2.75) is 63.2 Å². The number of nitrogens with zero attached hydrogens (tertiary/aromatic N) is 6. The summed E-state index contributed by atoms with van der Waals surface area (Å²) in [6.07, 6.45) is 10.9. The Hall–Kier alpha value is -1.30. The highest BCUT2D eigenvalue weighted by atomic mass is 127. The third kappa shape index (κ3) is 6.59. The number of nitrogens with one attached hydrogen (secondary N) is 2. The van der Waals surface area contributed by atoms with Crippen LogP contribution in [-0.2, 0) is 20.0 Å². The summed E-state index contributed by atoms with van der Waals surface area (Å²) in [5.74, 6) is 1.96. The maximum atomic E-state index is 4.66. The average molecular weight is 533 g/mol. The summed E-state index contributed by atoms with van der Waals surface area (Å²) in [6.45, 7) is 4.38. The normalized spacial score (nSPS) is 14.8. The number of hydrogen-bond donors (Lipinski definition) is 2. The largest absolute Gasteiger partial charge is 0.357 e. The Morgan fingerprint density at radius 2 is 2.07 bits per heavy atom. The summed E-state index contributed by atoms with van der Waals surface area (Å²) in [7, 11) is 1.94. The van der Waals surface area contributed by atoms with Gasteiger partial charge in [0, 0.05) is 38.8 Å². The van der Waals surface area contributed by atoms with Gasteiger partial charge in [0.05, 0.1) is 12.2 Å². The second-order valence-electron chi connectivity index (χ2n) is 7.08. The molecule has 0 saturated heterocycles. The van der Waals surface area contributed by atoms with Crippen molar-refractivity contribution >= 4 is 41.7 Å². The van der Waals surface area contributed by atoms with Gasteiger partial charge in [-0.15, -0.1) is 34.2 Å². The van der Waals surface area contributed by atoms with Crippen molar-refractivity contribution in [3.8, 4) is 0 Å². The van der Waals surface area contributed by atoms with Crippen LogP contribution in [0, 0.1) is 0 Å². The molecule has 2 aromatic heterocycles. The van der Waals surface area contributed by atoms with Crippen molar-refractivity contribution < 1.29 is 0 Å². The molecular weight excluding hydrogens is 499 g/mol. The number of aromatic nitrogens is 5. The number of hydrogen-bond acceptors (Lipinski definition) is 5. The molecule has 162 valence electrons. The number of halogens is 1. The van der Waals surface area contributed by atoms with Gasteiger partial charge >= 0.3 is 0 Å². The van der Waals surface area contributed by atoms with Crippen LogP contribution in [0.25, 0.3) is 0 Å². The Morgan fingerprint density at radius 3 is 2.72 bits per heavy atom. The molecule has 3 rings (SSSR count). The van der Waals surface area contributed by atoms with Gasteiger partial charge in [0.2, 0.25) is 0 Å². The minimum atomic E-state index is 0. The van der Waals surface area contributed by atoms with Crippen molar-refractivity contribution in [1.82, 2.24) is 35.2 Å². The molecule has 1 fully saturated rings. The molecule has 29 heavy (non-hydrogen) atoms. The molecule has 0 amide bonds. The molecule has 8 nitrogen and oxygen atoms in total. The summed E-state index contributed by atoms with van der Waals surface area (Å²) in [5.41, 5.74) is 1.09. The van der Waals surface area contributed by atoms with Crippen LogP contribution in [0.1, 0.15) is 56.6 Å². The van der Waals surface area contributed by atoms with Crippen LogP contribution < -0.4 is 10.6 Å². The van der Waals surface area contributed by atoms with Crippen LogP contribution in [0.5, 0.6) is 0 Å². The zero-order valence-electron chi connectivity index (χ0n) is 17.6. The Balaban J connectivity index is 0.00000300. The van der Waals surface area contributed by atoms with E-state index >= 15 is 0 Å². The van der Waals surface area contributed by atoms with E-state index < -0.39 is 0 Å². The Morgan fingerprint density at radius 1 is 1.28 bits per heavy atom. The van der Waals surface area contributed by atoms with E-state index in [9.17, 15) is 0 Å². The first kappa shape index (κ1) is 24.0. The minimum absolute atomic E-state index is 0. The molecule has 0 bridgehead atoms. The molecule has 0 unspecified atom stereocenters. The van der Waals surface area contributed by atoms with Crippen molar-refractivity contribution in [3.05, 3.63) is 23.8 Å². The van der Waals surface area contributed by atoms with Crippen molar-refractivity contribution in [2.24, 2.45) is 12.0 Å². The molecular formula is C19H33IN8S. The zero-order valence-corrected chi connectivity index (χ0v) is 20.7. The second-order valence-corrected chi connectivity index (χ2v) is 7.86. The van der Waals surface area contributed by atoms with E-state index in [0.717, 1.165) is 48.6 Å². The fourth-order valence-corrected chi connectivity index (χ4v) is 4.23. The Bertz CT molecular complexity index is 766. The van der Waals surface area contributed by atoms with Gasteiger partial charge in [-0.1, -0.05) is 24.6 Å². The predicted octanol–water partition coefficient (Wildman–Crippen LogP) is 3.15. The standard InChI is InChI=1S/C19H32N8S.HI/c1-4-20-18(22-14-16-11-13-23-26(16)2)21-12-7-10-17-24-25-19(28-3)27(17)15-8-5-6-9-15;/h11,13,15H,4-10,12,14H2,1-3H3,(H2,20,21,22);1H. The molecule has 0 spiro atoms. The molecule has 0 aliphatic heterocycles. The SMILES string of the molecule is CCNC(=NCc1ccnn1C)NCCCc1nnc(SC)n1C1CCCC1.I. The first-order chi connectivity index (χ1) is 13.7. The van der Waals surface area contributed by atoms with E-state index in [1.54, 1.807) is 18.0 Å². The molecule has 1 saturated carbocycles. The lowest BCUT2D eigenvalue weighted by atomic mass is 10.2. The van der Waals surface area contributed by atoms with E-state index in [0.29, 0.717) is 12.6 Å². The van der Waals surface area contributed by atoms with Gasteiger partial charge in [-0.2, -0.15) is 5.10 Å². The third-order valence-corrected chi connectivity index (χ3v) is 5.79. The van der Waals surface area contributed by atoms with Crippen LogP contribution >= 0.6 is 35.7 Å². The molecule has 2 N–H and O–H groups in total. The van der Waals surface area contributed by atoms with Gasteiger partial charge in [-0.3, -0.25) is 4.68 Å². The van der Waals surface area contributed by atoms with Crippen LogP contribution in [0.3, 0.4) is 0 Å². The van der Waals surface area contributed by atoms with E-state index in [1.165, 1.54) is 25.7 Å². The molecule has 0 aromatic carbocycles. The lowest BCUT2D eigenvalue weighted by Crippen LogP contribution is -2.38. The molecule has 0 atom stereocenters. The molecule has 1 aliphatic rings. The predicted molar refractivity (Wildman–Crippen MR) is 129 cm³/mol. The fourth-order valence-electron chi connectivity index (χ4n) is 3.66. The maximum Gasteiger partial charge on any atom is 0.191 e. The lowest BCUT2D eigenvalue weighted by Gasteiger charge is -2.16. The van der Waals surface area contributed by atoms with Crippen LogP contribution in [-0.4, -0.2) is 49.8 Å². The zero-order chi connectivity index (χ0) is 19.8. The maximum absolute atomic E-state index is 4.66. The highest BCUT2D eigenvalue weighted by Crippen LogP contribution is 2.33. The van der Waals surface area contributed by atoms with Crippen molar-refractivity contribution in [3.63, 3.8) is 0 Å². The second kappa shape index (κ2) is 12.4. The summed E-state index contributed by atoms with van der Waals surface area (Å²) in [6, 6.07) is 2.57. The number of aliphatic imine (C=N–C) groups is 1. The van der Waals surface area contributed by atoms with E-state index in [1.807, 2.05) is 17.8 Å². The van der Waals surface area contributed by atoms with Crippen molar-refractivity contribution in [2.75, 3.05) is 19.3 Å². The van der Waals surface area contributed by atoms with Crippen LogP contribution in [0.2, 0.25) is 0 Å². The van der Waals surface area contributed by atoms with E-state index in [-0.39, 0.29) is 24.0 Å². The highest BCUT2D eigenvalue weighted by Gasteiger charge is 2.23. The first-order valence-electron chi connectivity index (χ1n) is 10.2. The van der Waals surface area contributed by atoms with E-state index in [4.69, 9.17) is 0 Å². The van der Waals surface area contributed by atoms with Gasteiger partial charge in [0.25, 0.3) is 0 Å². The molecule has 0 radical (unpaired) electrons. The Kier molecular flexibility index (Phi) is 10.3. The minimum Gasteiger partial charge on any atom is -0.357 e. The van der Waals surface area contributed by atoms with Gasteiger partial charge in [-0.25, -0.2) is 4.99 Å². The molecule has 2 heterocycles. The molecule has 10 heteroatoms. The topological polar surface area (TPSA) is 84.9 Å². The molecule has 2 aromatic rings. The van der Waals surface area contributed by atoms with Crippen LogP contribution in [0.4, 0.5) is 0 Å². The smallest absolute Gasteiger partial charge is 0.191 e. The third-order valence-electron chi connectivity index (χ3n) is 5.14. The summed E-state index contributed by atoms with van der Waals surface area (Å²) >= 11 is 1.70. The quantitative estimate of drug-likeness (QED) is 0.170. The van der Waals surface area contributed by atoms with Crippen LogP contribution in [0.15, 0.2) is 22.4 Å². The molecule has 1 aliphatic carbocycles. The number of thioether (sulfide) groups is 1. The highest BCUT2D eigenvalue weighted by molar-refractivity contribution is 14.0. The summed E-state index contributed by atoms with van der Waals surface area (Å²) in [4.78, 5) is 4.66. The fraction of sp³-hybridized carbons (Fsp3) is 0.684. The number of rotatable bonds is 9. The Labute approximate surface area is 194 Å². The summed E-state index contributed by atoms with van der Waals surface area (Å²) in [5, 5.41) is 20.9. The monoisotopic (exact) mass is 532 g/mol. The first-order valence-corrected chi connectivity index (χ1v) is 11.4. The average Bonchev–Trinajstić information content (AvgIpc) is 3.43. The van der Waals surface area contributed by atoms with Gasteiger partial charge in [-0.05, 0) is 38.5 Å². The van der Waals surface area contributed by atoms with E-state index in [2.05, 4.69) is 48.7 Å². The van der Waals surface area contributed by atoms with Gasteiger partial charge in [0.15, 0.2) is 11.1 Å². The summed E-state index contributed by atoms with van der Waals surface area (Å²) < 4.78 is 4.24. The van der Waals surface area contributed by atoms with Gasteiger partial charge in [0.1, 0.15) is 5.82 Å².